The Hall–Kier alpha value is -1.06. The summed E-state index contributed by atoms with van der Waals surface area (Å²) in [7, 11) is 3.75. The lowest BCUT2D eigenvalue weighted by molar-refractivity contribution is 0.0439. The summed E-state index contributed by atoms with van der Waals surface area (Å²) in [6.45, 7) is 2.74. The van der Waals surface area contributed by atoms with Crippen LogP contribution in [0.15, 0.2) is 24.3 Å². The minimum absolute atomic E-state index is 0.464. The molecule has 1 aromatic rings. The van der Waals surface area contributed by atoms with E-state index in [9.17, 15) is 0 Å². The van der Waals surface area contributed by atoms with Crippen LogP contribution in [0.2, 0.25) is 0 Å². The number of hydrogen-bond acceptors (Lipinski definition) is 3. The molecule has 2 rings (SSSR count). The van der Waals surface area contributed by atoms with Crippen LogP contribution >= 0.6 is 0 Å². The largest absolute Gasteiger partial charge is 0.496 e. The molecule has 3 heteroatoms. The quantitative estimate of drug-likeness (QED) is 0.869. The lowest BCUT2D eigenvalue weighted by Crippen LogP contribution is -2.30. The number of para-hydroxylation sites is 1. The van der Waals surface area contributed by atoms with Gasteiger partial charge in [0.25, 0.3) is 0 Å². The molecule has 0 amide bonds. The van der Waals surface area contributed by atoms with Gasteiger partial charge in [0.05, 0.1) is 13.7 Å². The first kappa shape index (κ1) is 13.4. The summed E-state index contributed by atoms with van der Waals surface area (Å²) in [5.74, 6) is 2.04. The molecule has 1 N–H and O–H groups in total. The van der Waals surface area contributed by atoms with E-state index in [1.807, 2.05) is 19.2 Å². The lowest BCUT2D eigenvalue weighted by Gasteiger charge is -2.31. The van der Waals surface area contributed by atoms with Crippen LogP contribution in [-0.2, 0) is 4.74 Å². The summed E-state index contributed by atoms with van der Waals surface area (Å²) >= 11 is 0. The van der Waals surface area contributed by atoms with Gasteiger partial charge < -0.3 is 14.8 Å². The second-order valence-corrected chi connectivity index (χ2v) is 4.88. The third kappa shape index (κ3) is 3.03. The van der Waals surface area contributed by atoms with Crippen molar-refractivity contribution in [3.8, 4) is 5.75 Å². The molecule has 1 heterocycles. The minimum atomic E-state index is 0.464. The summed E-state index contributed by atoms with van der Waals surface area (Å²) < 4.78 is 11.1. The van der Waals surface area contributed by atoms with Crippen molar-refractivity contribution in [3.63, 3.8) is 0 Å². The number of hydrogen-bond donors (Lipinski definition) is 1. The maximum atomic E-state index is 5.64. The van der Waals surface area contributed by atoms with Gasteiger partial charge in [-0.25, -0.2) is 0 Å². The second kappa shape index (κ2) is 6.76. The van der Waals surface area contributed by atoms with Crippen LogP contribution in [0.1, 0.15) is 24.3 Å². The molecular formula is C15H23NO2. The summed E-state index contributed by atoms with van der Waals surface area (Å²) in [6.07, 6.45) is 2.41. The Bertz CT molecular complexity index is 361. The van der Waals surface area contributed by atoms with E-state index >= 15 is 0 Å². The van der Waals surface area contributed by atoms with E-state index in [2.05, 4.69) is 17.4 Å². The third-order valence-electron chi connectivity index (χ3n) is 3.73. The third-order valence-corrected chi connectivity index (χ3v) is 3.73. The van der Waals surface area contributed by atoms with E-state index in [-0.39, 0.29) is 0 Å². The van der Waals surface area contributed by atoms with E-state index in [1.165, 1.54) is 18.4 Å². The molecule has 0 radical (unpaired) electrons. The van der Waals surface area contributed by atoms with Gasteiger partial charge in [-0.3, -0.25) is 0 Å². The van der Waals surface area contributed by atoms with Crippen LogP contribution in [0.3, 0.4) is 0 Å². The van der Waals surface area contributed by atoms with E-state index in [4.69, 9.17) is 9.47 Å². The Balaban J connectivity index is 2.22. The van der Waals surface area contributed by atoms with Crippen LogP contribution in [0.4, 0.5) is 0 Å². The van der Waals surface area contributed by atoms with Crippen LogP contribution in [0.5, 0.6) is 5.75 Å². The smallest absolute Gasteiger partial charge is 0.122 e. The van der Waals surface area contributed by atoms with Crippen molar-refractivity contribution >= 4 is 0 Å². The zero-order valence-electron chi connectivity index (χ0n) is 11.3. The van der Waals surface area contributed by atoms with Crippen molar-refractivity contribution in [2.45, 2.75) is 18.8 Å². The first-order chi connectivity index (χ1) is 8.86. The number of benzene rings is 1. The molecule has 100 valence electrons. The predicted octanol–water partition coefficient (Wildman–Crippen LogP) is 2.42. The Labute approximate surface area is 109 Å². The molecule has 0 saturated carbocycles. The highest BCUT2D eigenvalue weighted by molar-refractivity contribution is 5.37. The van der Waals surface area contributed by atoms with Crippen LogP contribution < -0.4 is 10.1 Å². The Morgan fingerprint density at radius 1 is 1.44 bits per heavy atom. The molecule has 3 nitrogen and oxygen atoms in total. The highest BCUT2D eigenvalue weighted by atomic mass is 16.5. The maximum Gasteiger partial charge on any atom is 0.122 e. The normalized spacial score (nSPS) is 21.6. The molecule has 2 unspecified atom stereocenters. The van der Waals surface area contributed by atoms with Gasteiger partial charge in [0, 0.05) is 19.1 Å². The second-order valence-electron chi connectivity index (χ2n) is 4.88. The van der Waals surface area contributed by atoms with Crippen molar-refractivity contribution in [2.24, 2.45) is 5.92 Å². The van der Waals surface area contributed by atoms with Gasteiger partial charge >= 0.3 is 0 Å². The highest BCUT2D eigenvalue weighted by Crippen LogP contribution is 2.35. The average Bonchev–Trinajstić information content (AvgIpc) is 2.46. The van der Waals surface area contributed by atoms with E-state index in [0.29, 0.717) is 11.8 Å². The van der Waals surface area contributed by atoms with Gasteiger partial charge in [-0.15, -0.1) is 0 Å². The van der Waals surface area contributed by atoms with E-state index in [0.717, 1.165) is 25.5 Å². The van der Waals surface area contributed by atoms with Gasteiger partial charge in [0.1, 0.15) is 5.75 Å². The fraction of sp³-hybridized carbons (Fsp3) is 0.600. The van der Waals surface area contributed by atoms with Crippen molar-refractivity contribution in [3.05, 3.63) is 29.8 Å². The molecule has 1 aliphatic heterocycles. The van der Waals surface area contributed by atoms with Crippen molar-refractivity contribution in [1.82, 2.24) is 5.32 Å². The zero-order chi connectivity index (χ0) is 12.8. The predicted molar refractivity (Wildman–Crippen MR) is 73.2 cm³/mol. The standard InChI is InChI=1S/C15H23NO2/c1-16-10-14(12-6-5-9-18-11-12)13-7-3-4-8-15(13)17-2/h3-4,7-8,12,14,16H,5-6,9-11H2,1-2H3. The van der Waals surface area contributed by atoms with Crippen LogP contribution in [0.25, 0.3) is 0 Å². The average molecular weight is 249 g/mol. The van der Waals surface area contributed by atoms with E-state index < -0.39 is 0 Å². The Morgan fingerprint density at radius 2 is 2.28 bits per heavy atom. The van der Waals surface area contributed by atoms with Crippen LogP contribution in [-0.4, -0.2) is 33.9 Å². The van der Waals surface area contributed by atoms with E-state index in [1.54, 1.807) is 7.11 Å². The number of likely N-dealkylation sites (N-methyl/N-ethyl adjacent to an activating group) is 1. The summed E-state index contributed by atoms with van der Waals surface area (Å²) in [5.41, 5.74) is 1.30. The van der Waals surface area contributed by atoms with Gasteiger partial charge in [0.15, 0.2) is 0 Å². The lowest BCUT2D eigenvalue weighted by atomic mass is 9.82. The molecule has 0 bridgehead atoms. The zero-order valence-corrected chi connectivity index (χ0v) is 11.3. The monoisotopic (exact) mass is 249 g/mol. The number of rotatable bonds is 5. The Morgan fingerprint density at radius 3 is 2.94 bits per heavy atom. The molecule has 18 heavy (non-hydrogen) atoms. The number of methoxy groups -OCH3 is 1. The fourth-order valence-electron chi connectivity index (χ4n) is 2.81. The topological polar surface area (TPSA) is 30.5 Å². The Kier molecular flexibility index (Phi) is 5.02. The molecule has 1 fully saturated rings. The van der Waals surface area contributed by atoms with Crippen LogP contribution in [0, 0.1) is 5.92 Å². The van der Waals surface area contributed by atoms with Gasteiger partial charge in [-0.05, 0) is 37.4 Å². The molecule has 0 spiro atoms. The molecule has 0 aliphatic carbocycles. The first-order valence-corrected chi connectivity index (χ1v) is 6.72. The number of ether oxygens (including phenoxy) is 2. The van der Waals surface area contributed by atoms with Crippen molar-refractivity contribution in [1.29, 1.82) is 0 Å². The molecule has 1 aliphatic rings. The highest BCUT2D eigenvalue weighted by Gasteiger charge is 2.27. The molecule has 0 aromatic heterocycles. The van der Waals surface area contributed by atoms with Gasteiger partial charge in [0.2, 0.25) is 0 Å². The molecular weight excluding hydrogens is 226 g/mol. The summed E-state index contributed by atoms with van der Waals surface area (Å²) in [4.78, 5) is 0. The maximum absolute atomic E-state index is 5.64. The molecule has 2 atom stereocenters. The minimum Gasteiger partial charge on any atom is -0.496 e. The fourth-order valence-corrected chi connectivity index (χ4v) is 2.81. The van der Waals surface area contributed by atoms with Crippen molar-refractivity contribution < 1.29 is 9.47 Å². The molecule has 1 saturated heterocycles. The van der Waals surface area contributed by atoms with Gasteiger partial charge in [-0.2, -0.15) is 0 Å². The van der Waals surface area contributed by atoms with Crippen molar-refractivity contribution in [2.75, 3.05) is 33.9 Å². The number of nitrogens with one attached hydrogen (secondary N) is 1. The summed E-state index contributed by atoms with van der Waals surface area (Å²) in [5, 5.41) is 3.30. The first-order valence-electron chi connectivity index (χ1n) is 6.72. The SMILES string of the molecule is CNCC(c1ccccc1OC)C1CCCOC1. The summed E-state index contributed by atoms with van der Waals surface area (Å²) in [6, 6.07) is 8.33. The van der Waals surface area contributed by atoms with Gasteiger partial charge in [-0.1, -0.05) is 18.2 Å². The molecule has 1 aromatic carbocycles.